The van der Waals surface area contributed by atoms with Crippen LogP contribution in [0.15, 0.2) is 24.3 Å². The predicted molar refractivity (Wildman–Crippen MR) is 90.0 cm³/mol. The molecule has 6 heteroatoms. The van der Waals surface area contributed by atoms with E-state index in [-0.39, 0.29) is 12.3 Å². The number of amides is 1. The number of para-hydroxylation sites is 1. The zero-order valence-corrected chi connectivity index (χ0v) is 13.5. The Morgan fingerprint density at radius 1 is 1.29 bits per heavy atom. The molecule has 0 fully saturated rings. The lowest BCUT2D eigenvalue weighted by molar-refractivity contribution is -0.137. The number of fused-ring (bicyclic) bond motifs is 1. The number of anilines is 1. The number of hydrogen-bond donors (Lipinski definition) is 3. The number of carboxylic acids is 1. The largest absolute Gasteiger partial charge is 0.481 e. The van der Waals surface area contributed by atoms with E-state index >= 15 is 0 Å². The van der Waals surface area contributed by atoms with Gasteiger partial charge < -0.3 is 15.6 Å². The van der Waals surface area contributed by atoms with Crippen molar-refractivity contribution in [3.05, 3.63) is 52.3 Å². The summed E-state index contributed by atoms with van der Waals surface area (Å²) < 4.78 is 1.02. The fourth-order valence-corrected chi connectivity index (χ4v) is 3.08. The van der Waals surface area contributed by atoms with Crippen molar-refractivity contribution in [3.8, 4) is 0 Å². The van der Waals surface area contributed by atoms with Gasteiger partial charge in [-0.15, -0.1) is 0 Å². The highest BCUT2D eigenvalue weighted by Gasteiger charge is 2.25. The first-order valence-corrected chi connectivity index (χ1v) is 7.64. The van der Waals surface area contributed by atoms with Crippen molar-refractivity contribution in [2.75, 3.05) is 5.32 Å². The van der Waals surface area contributed by atoms with Gasteiger partial charge in [0, 0.05) is 17.7 Å². The molecule has 1 aromatic heterocycles. The van der Waals surface area contributed by atoms with Gasteiger partial charge in [0.1, 0.15) is 0 Å². The Morgan fingerprint density at radius 3 is 2.71 bits per heavy atom. The molecule has 0 radical (unpaired) electrons. The summed E-state index contributed by atoms with van der Waals surface area (Å²) in [5.74, 6) is -1.11. The van der Waals surface area contributed by atoms with Crippen molar-refractivity contribution in [1.29, 1.82) is 0 Å². The average molecular weight is 326 g/mol. The fourth-order valence-electron chi connectivity index (χ4n) is 3.08. The van der Waals surface area contributed by atoms with E-state index in [0.717, 1.165) is 27.1 Å². The maximum absolute atomic E-state index is 12.2. The molecule has 2 heterocycles. The summed E-state index contributed by atoms with van der Waals surface area (Å²) in [6.07, 6.45) is 1.97. The van der Waals surface area contributed by atoms with E-state index in [1.54, 1.807) is 13.0 Å². The molecule has 0 spiro atoms. The van der Waals surface area contributed by atoms with Crippen molar-refractivity contribution in [1.82, 2.24) is 4.73 Å². The highest BCUT2D eigenvalue weighted by atomic mass is 16.5. The quantitative estimate of drug-likeness (QED) is 0.595. The van der Waals surface area contributed by atoms with E-state index in [0.29, 0.717) is 23.4 Å². The van der Waals surface area contributed by atoms with E-state index in [2.05, 4.69) is 5.32 Å². The van der Waals surface area contributed by atoms with Crippen molar-refractivity contribution >= 4 is 29.2 Å². The van der Waals surface area contributed by atoms with Crippen LogP contribution in [0.3, 0.4) is 0 Å². The van der Waals surface area contributed by atoms with Crippen molar-refractivity contribution < 1.29 is 19.9 Å². The second-order valence-corrected chi connectivity index (χ2v) is 5.84. The molecule has 0 aliphatic carbocycles. The minimum Gasteiger partial charge on any atom is -0.481 e. The number of carbonyl (C=O) groups is 2. The number of carboxylic acid groups (broad SMARTS) is 1. The maximum Gasteiger partial charge on any atom is 0.303 e. The van der Waals surface area contributed by atoms with Gasteiger partial charge in [0.05, 0.1) is 17.0 Å². The van der Waals surface area contributed by atoms with Crippen LogP contribution >= 0.6 is 0 Å². The van der Waals surface area contributed by atoms with E-state index in [9.17, 15) is 14.8 Å². The second kappa shape index (κ2) is 5.88. The molecule has 2 aromatic rings. The predicted octanol–water partition coefficient (Wildman–Crippen LogP) is 2.85. The molecule has 1 amide bonds. The Hall–Kier alpha value is -3.02. The molecule has 3 rings (SSSR count). The molecular weight excluding hydrogens is 308 g/mol. The number of rotatable bonds is 4. The summed E-state index contributed by atoms with van der Waals surface area (Å²) in [6.45, 7) is 3.55. The number of nitrogens with one attached hydrogen (secondary N) is 1. The van der Waals surface area contributed by atoms with Gasteiger partial charge in [0.25, 0.3) is 5.91 Å². The molecule has 1 aliphatic rings. The van der Waals surface area contributed by atoms with Crippen LogP contribution < -0.4 is 5.32 Å². The first kappa shape index (κ1) is 15.9. The van der Waals surface area contributed by atoms with Gasteiger partial charge in [-0.2, -0.15) is 4.73 Å². The number of benzene rings is 1. The molecule has 124 valence electrons. The van der Waals surface area contributed by atoms with Gasteiger partial charge >= 0.3 is 5.97 Å². The minimum absolute atomic E-state index is 0.00890. The van der Waals surface area contributed by atoms with Gasteiger partial charge in [0.2, 0.25) is 0 Å². The monoisotopic (exact) mass is 326 g/mol. The average Bonchev–Trinajstić information content (AvgIpc) is 2.95. The third-order valence-corrected chi connectivity index (χ3v) is 4.40. The summed E-state index contributed by atoms with van der Waals surface area (Å²) in [6, 6.07) is 7.36. The molecule has 3 N–H and O–H groups in total. The van der Waals surface area contributed by atoms with Crippen LogP contribution in [0.25, 0.3) is 11.6 Å². The summed E-state index contributed by atoms with van der Waals surface area (Å²) in [5.41, 5.74) is 4.66. The van der Waals surface area contributed by atoms with E-state index in [1.165, 1.54) is 0 Å². The maximum atomic E-state index is 12.2. The van der Waals surface area contributed by atoms with Crippen LogP contribution in [0.1, 0.15) is 34.5 Å². The van der Waals surface area contributed by atoms with E-state index < -0.39 is 5.97 Å². The topological polar surface area (TPSA) is 91.6 Å². The van der Waals surface area contributed by atoms with Crippen molar-refractivity contribution in [2.45, 2.75) is 26.7 Å². The molecule has 0 atom stereocenters. The molecule has 1 aliphatic heterocycles. The number of carbonyl (C=O) groups excluding carboxylic acids is 1. The number of aromatic nitrogens is 1. The Kier molecular flexibility index (Phi) is 3.89. The fraction of sp³-hybridized carbons (Fsp3) is 0.222. The molecule has 0 unspecified atom stereocenters. The summed E-state index contributed by atoms with van der Waals surface area (Å²) >= 11 is 0. The normalized spacial score (nSPS) is 14.8. The Balaban J connectivity index is 2.06. The molecule has 24 heavy (non-hydrogen) atoms. The molecule has 0 saturated heterocycles. The number of nitrogens with zero attached hydrogens (tertiary/aromatic N) is 1. The third-order valence-electron chi connectivity index (χ3n) is 4.40. The van der Waals surface area contributed by atoms with Gasteiger partial charge in [-0.25, -0.2) is 0 Å². The standard InChI is InChI=1S/C18H18N2O4/c1-10-12(7-8-17(21)22)11(2)20(24)16(10)9-14-13-5-3-4-6-15(13)19-18(14)23/h3-6,9,24H,7-8H2,1-2H3,(H,19,23)(H,21,22)/b14-9-. The van der Waals surface area contributed by atoms with E-state index in [4.69, 9.17) is 5.11 Å². The minimum atomic E-state index is -0.886. The molecule has 1 aromatic carbocycles. The van der Waals surface area contributed by atoms with Crippen LogP contribution in [-0.2, 0) is 16.0 Å². The lowest BCUT2D eigenvalue weighted by atomic mass is 10.0. The smallest absolute Gasteiger partial charge is 0.303 e. The second-order valence-electron chi connectivity index (χ2n) is 5.84. The molecular formula is C18H18N2O4. The van der Waals surface area contributed by atoms with Crippen LogP contribution in [0.2, 0.25) is 0 Å². The molecule has 6 nitrogen and oxygen atoms in total. The SMILES string of the molecule is Cc1c(CCC(=O)O)c(C)n(O)c1/C=C1\C(=O)Nc2ccccc21. The van der Waals surface area contributed by atoms with Crippen LogP contribution in [0, 0.1) is 13.8 Å². The summed E-state index contributed by atoms with van der Waals surface area (Å²) in [5, 5.41) is 22.0. The Bertz CT molecular complexity index is 877. The Labute approximate surface area is 139 Å². The highest BCUT2D eigenvalue weighted by molar-refractivity contribution is 6.34. The number of aliphatic carboxylic acids is 1. The van der Waals surface area contributed by atoms with Gasteiger partial charge in [-0.1, -0.05) is 18.2 Å². The first-order chi connectivity index (χ1) is 11.4. The van der Waals surface area contributed by atoms with Gasteiger partial charge in [-0.05, 0) is 43.5 Å². The summed E-state index contributed by atoms with van der Waals surface area (Å²) in [4.78, 5) is 23.0. The number of hydrogen-bond acceptors (Lipinski definition) is 3. The molecule has 0 bridgehead atoms. The van der Waals surface area contributed by atoms with Crippen LogP contribution in [0.5, 0.6) is 0 Å². The lowest BCUT2D eigenvalue weighted by Gasteiger charge is -2.02. The van der Waals surface area contributed by atoms with E-state index in [1.807, 2.05) is 31.2 Å². The highest BCUT2D eigenvalue weighted by Crippen LogP contribution is 2.34. The van der Waals surface area contributed by atoms with Crippen molar-refractivity contribution in [2.24, 2.45) is 0 Å². The molecule has 0 saturated carbocycles. The van der Waals surface area contributed by atoms with Gasteiger partial charge in [-0.3, -0.25) is 9.59 Å². The zero-order valence-electron chi connectivity index (χ0n) is 13.5. The van der Waals surface area contributed by atoms with Crippen LogP contribution in [-0.4, -0.2) is 26.9 Å². The lowest BCUT2D eigenvalue weighted by Crippen LogP contribution is -2.04. The Morgan fingerprint density at radius 2 is 2.00 bits per heavy atom. The van der Waals surface area contributed by atoms with Crippen molar-refractivity contribution in [3.63, 3.8) is 0 Å². The zero-order chi connectivity index (χ0) is 17.4. The van der Waals surface area contributed by atoms with Crippen LogP contribution in [0.4, 0.5) is 5.69 Å². The third kappa shape index (κ3) is 2.56. The first-order valence-electron chi connectivity index (χ1n) is 7.64. The van der Waals surface area contributed by atoms with Gasteiger partial charge in [0.15, 0.2) is 0 Å². The summed E-state index contributed by atoms with van der Waals surface area (Å²) in [7, 11) is 0.